The Bertz CT molecular complexity index is 381. The zero-order valence-electron chi connectivity index (χ0n) is 11.1. The molecule has 1 aliphatic rings. The van der Waals surface area contributed by atoms with Gasteiger partial charge in [0, 0.05) is 32.7 Å². The summed E-state index contributed by atoms with van der Waals surface area (Å²) < 4.78 is 7.40. The van der Waals surface area contributed by atoms with Crippen molar-refractivity contribution in [2.45, 2.75) is 51.0 Å². The smallest absolute Gasteiger partial charge is 0.133 e. The van der Waals surface area contributed by atoms with Gasteiger partial charge in [-0.15, -0.1) is 0 Å². The van der Waals surface area contributed by atoms with Crippen LogP contribution in [0.15, 0.2) is 12.4 Å². The van der Waals surface area contributed by atoms with E-state index >= 15 is 0 Å². The van der Waals surface area contributed by atoms with Gasteiger partial charge in [0.25, 0.3) is 0 Å². The molecule has 2 heterocycles. The minimum absolute atomic E-state index is 0.320. The molecular weight excluding hydrogens is 228 g/mol. The van der Waals surface area contributed by atoms with Gasteiger partial charge in [0.05, 0.1) is 12.3 Å². The fraction of sp³-hybridized carbons (Fsp3) is 0.714. The van der Waals surface area contributed by atoms with Crippen LogP contribution in [-0.4, -0.2) is 28.3 Å². The van der Waals surface area contributed by atoms with Crippen molar-refractivity contribution in [2.24, 2.45) is 7.05 Å². The lowest BCUT2D eigenvalue weighted by Crippen LogP contribution is -2.20. The van der Waals surface area contributed by atoms with Gasteiger partial charge in [-0.2, -0.15) is 5.10 Å². The molecular formula is C14H22N2O2. The van der Waals surface area contributed by atoms with Crippen LogP contribution in [0.2, 0.25) is 0 Å². The Morgan fingerprint density at radius 2 is 2.39 bits per heavy atom. The van der Waals surface area contributed by atoms with Crippen LogP contribution in [0.5, 0.6) is 0 Å². The summed E-state index contributed by atoms with van der Waals surface area (Å²) in [6.45, 7) is 0.870. The van der Waals surface area contributed by atoms with Gasteiger partial charge in [0.15, 0.2) is 0 Å². The van der Waals surface area contributed by atoms with Crippen LogP contribution in [0, 0.1) is 0 Å². The highest BCUT2D eigenvalue weighted by Gasteiger charge is 2.15. The third-order valence-corrected chi connectivity index (χ3v) is 3.47. The third-order valence-electron chi connectivity index (χ3n) is 3.47. The van der Waals surface area contributed by atoms with Gasteiger partial charge in [0.1, 0.15) is 5.78 Å². The summed E-state index contributed by atoms with van der Waals surface area (Å²) in [5.74, 6) is 0.341. The maximum atomic E-state index is 11.8. The Kier molecular flexibility index (Phi) is 4.93. The second-order valence-corrected chi connectivity index (χ2v) is 5.09. The summed E-state index contributed by atoms with van der Waals surface area (Å²) in [6, 6.07) is 0. The normalized spacial score (nSPS) is 19.9. The van der Waals surface area contributed by atoms with E-state index in [2.05, 4.69) is 5.10 Å². The lowest BCUT2D eigenvalue weighted by atomic mass is 10.0. The quantitative estimate of drug-likeness (QED) is 0.778. The Hall–Kier alpha value is -1.16. The molecule has 4 nitrogen and oxygen atoms in total. The van der Waals surface area contributed by atoms with Crippen molar-refractivity contribution in [3.05, 3.63) is 18.0 Å². The first-order valence-corrected chi connectivity index (χ1v) is 6.85. The first-order valence-electron chi connectivity index (χ1n) is 6.85. The van der Waals surface area contributed by atoms with Crippen LogP contribution in [0.4, 0.5) is 0 Å². The molecule has 4 heteroatoms. The number of hydrogen-bond donors (Lipinski definition) is 0. The summed E-state index contributed by atoms with van der Waals surface area (Å²) in [6.07, 6.45) is 10.6. The van der Waals surface area contributed by atoms with Gasteiger partial charge in [-0.05, 0) is 37.7 Å². The fourth-order valence-corrected chi connectivity index (χ4v) is 2.37. The molecule has 0 spiro atoms. The first kappa shape index (κ1) is 13.3. The van der Waals surface area contributed by atoms with Crippen LogP contribution >= 0.6 is 0 Å². The van der Waals surface area contributed by atoms with Gasteiger partial charge in [-0.3, -0.25) is 9.48 Å². The minimum Gasteiger partial charge on any atom is -0.378 e. The highest BCUT2D eigenvalue weighted by Crippen LogP contribution is 2.17. The molecule has 100 valence electrons. The number of aryl methyl sites for hydroxylation is 2. The maximum Gasteiger partial charge on any atom is 0.133 e. The van der Waals surface area contributed by atoms with E-state index in [1.54, 1.807) is 4.68 Å². The van der Waals surface area contributed by atoms with E-state index in [0.717, 1.165) is 31.4 Å². The summed E-state index contributed by atoms with van der Waals surface area (Å²) in [7, 11) is 1.89. The number of aromatic nitrogens is 2. The molecule has 1 aromatic rings. The van der Waals surface area contributed by atoms with Crippen molar-refractivity contribution in [3.63, 3.8) is 0 Å². The zero-order valence-corrected chi connectivity index (χ0v) is 11.1. The van der Waals surface area contributed by atoms with Crippen molar-refractivity contribution >= 4 is 5.78 Å². The summed E-state index contributed by atoms with van der Waals surface area (Å²) >= 11 is 0. The van der Waals surface area contributed by atoms with Crippen LogP contribution in [0.3, 0.4) is 0 Å². The number of nitrogens with zero attached hydrogens (tertiary/aromatic N) is 2. The Morgan fingerprint density at radius 1 is 1.50 bits per heavy atom. The van der Waals surface area contributed by atoms with E-state index in [-0.39, 0.29) is 0 Å². The number of hydrogen-bond acceptors (Lipinski definition) is 3. The van der Waals surface area contributed by atoms with E-state index in [9.17, 15) is 4.79 Å². The standard InChI is InChI=1S/C14H22N2O2/c1-16-11-12(10-15-16)5-6-13(17)7-8-14-4-2-3-9-18-14/h10-11,14H,2-9H2,1H3. The molecule has 0 aromatic carbocycles. The number of rotatable bonds is 6. The first-order chi connectivity index (χ1) is 8.74. The molecule has 0 aliphatic carbocycles. The number of carbonyl (C=O) groups is 1. The van der Waals surface area contributed by atoms with Crippen molar-refractivity contribution in [1.29, 1.82) is 0 Å². The van der Waals surface area contributed by atoms with E-state index in [1.165, 1.54) is 12.8 Å². The van der Waals surface area contributed by atoms with Gasteiger partial charge >= 0.3 is 0 Å². The Morgan fingerprint density at radius 3 is 3.06 bits per heavy atom. The number of Topliss-reactive ketones (excluding diaryl/α,β-unsaturated/α-hetero) is 1. The van der Waals surface area contributed by atoms with E-state index in [4.69, 9.17) is 4.74 Å². The van der Waals surface area contributed by atoms with Gasteiger partial charge in [0.2, 0.25) is 0 Å². The SMILES string of the molecule is Cn1cc(CCC(=O)CCC2CCCCO2)cn1. The van der Waals surface area contributed by atoms with Gasteiger partial charge < -0.3 is 4.74 Å². The van der Waals surface area contributed by atoms with E-state index < -0.39 is 0 Å². The molecule has 1 fully saturated rings. The minimum atomic E-state index is 0.320. The molecule has 0 radical (unpaired) electrons. The Balaban J connectivity index is 1.62. The van der Waals surface area contributed by atoms with Crippen LogP contribution < -0.4 is 0 Å². The molecule has 0 amide bonds. The van der Waals surface area contributed by atoms with Crippen LogP contribution in [-0.2, 0) is 23.0 Å². The largest absolute Gasteiger partial charge is 0.378 e. The number of ether oxygens (including phenoxy) is 1. The van der Waals surface area contributed by atoms with Crippen molar-refractivity contribution in [3.8, 4) is 0 Å². The average molecular weight is 250 g/mol. The van der Waals surface area contributed by atoms with Crippen LogP contribution in [0.1, 0.15) is 44.1 Å². The summed E-state index contributed by atoms with van der Waals surface area (Å²) in [4.78, 5) is 11.8. The predicted octanol–water partition coefficient (Wildman–Crippen LogP) is 2.27. The number of carbonyl (C=O) groups excluding carboxylic acids is 1. The lowest BCUT2D eigenvalue weighted by molar-refractivity contribution is -0.120. The molecule has 0 N–H and O–H groups in total. The monoisotopic (exact) mass is 250 g/mol. The molecule has 1 saturated heterocycles. The topological polar surface area (TPSA) is 44.1 Å². The van der Waals surface area contributed by atoms with Gasteiger partial charge in [-0.1, -0.05) is 0 Å². The average Bonchev–Trinajstić information content (AvgIpc) is 2.81. The molecule has 1 aliphatic heterocycles. The van der Waals surface area contributed by atoms with Crippen molar-refractivity contribution in [2.75, 3.05) is 6.61 Å². The maximum absolute atomic E-state index is 11.8. The third kappa shape index (κ3) is 4.26. The molecule has 1 atom stereocenters. The molecule has 1 unspecified atom stereocenters. The van der Waals surface area contributed by atoms with Crippen molar-refractivity contribution < 1.29 is 9.53 Å². The highest BCUT2D eigenvalue weighted by molar-refractivity contribution is 5.78. The molecule has 2 rings (SSSR count). The van der Waals surface area contributed by atoms with Crippen LogP contribution in [0.25, 0.3) is 0 Å². The Labute approximate surface area is 108 Å². The van der Waals surface area contributed by atoms with E-state index in [1.807, 2.05) is 19.4 Å². The van der Waals surface area contributed by atoms with Crippen molar-refractivity contribution in [1.82, 2.24) is 9.78 Å². The zero-order chi connectivity index (χ0) is 12.8. The second-order valence-electron chi connectivity index (χ2n) is 5.09. The summed E-state index contributed by atoms with van der Waals surface area (Å²) in [5, 5.41) is 4.10. The molecule has 18 heavy (non-hydrogen) atoms. The predicted molar refractivity (Wildman–Crippen MR) is 69.4 cm³/mol. The fourth-order valence-electron chi connectivity index (χ4n) is 2.37. The molecule has 0 bridgehead atoms. The number of ketones is 1. The summed E-state index contributed by atoms with van der Waals surface area (Å²) in [5.41, 5.74) is 1.14. The van der Waals surface area contributed by atoms with E-state index in [0.29, 0.717) is 24.7 Å². The molecule has 0 saturated carbocycles. The highest BCUT2D eigenvalue weighted by atomic mass is 16.5. The second kappa shape index (κ2) is 6.69. The lowest BCUT2D eigenvalue weighted by Gasteiger charge is -2.22. The van der Waals surface area contributed by atoms with Gasteiger partial charge in [-0.25, -0.2) is 0 Å². The molecule has 1 aromatic heterocycles.